The molecule has 1 aliphatic carbocycles. The maximum absolute atomic E-state index is 12.7. The number of fused-ring (bicyclic) bond motifs is 3. The van der Waals surface area contributed by atoms with E-state index in [0.717, 1.165) is 16.7 Å². The van der Waals surface area contributed by atoms with Crippen LogP contribution in [0.3, 0.4) is 0 Å². The first-order valence-corrected chi connectivity index (χ1v) is 8.50. The largest absolute Gasteiger partial charge is 0.465 e. The van der Waals surface area contributed by atoms with Crippen molar-refractivity contribution in [1.29, 1.82) is 0 Å². The Kier molecular flexibility index (Phi) is 3.34. The number of hydrogen-bond acceptors (Lipinski definition) is 4. The highest BCUT2D eigenvalue weighted by molar-refractivity contribution is 6.06. The molecule has 1 atom stereocenters. The van der Waals surface area contributed by atoms with Crippen LogP contribution >= 0.6 is 0 Å². The highest BCUT2D eigenvalue weighted by Gasteiger charge is 2.51. The average molecular weight is 352 g/mol. The van der Waals surface area contributed by atoms with Crippen LogP contribution in [0, 0.1) is 0 Å². The number of amides is 2. The lowest BCUT2D eigenvalue weighted by Crippen LogP contribution is -2.45. The molecule has 1 spiro atoms. The molecule has 2 aromatic rings. The number of anilines is 2. The molecule has 2 amide bonds. The van der Waals surface area contributed by atoms with E-state index in [1.165, 1.54) is 4.90 Å². The summed E-state index contributed by atoms with van der Waals surface area (Å²) in [6, 6.07) is 5.56. The third-order valence-electron chi connectivity index (χ3n) is 5.13. The summed E-state index contributed by atoms with van der Waals surface area (Å²) in [5.74, 6) is 0.931. The number of hydrogen-bond donors (Lipinski definition) is 2. The molecule has 26 heavy (non-hydrogen) atoms. The maximum atomic E-state index is 12.7. The average Bonchev–Trinajstić information content (AvgIpc) is 3.05. The Bertz CT molecular complexity index is 935. The summed E-state index contributed by atoms with van der Waals surface area (Å²) in [5, 5.41) is 12.5. The van der Waals surface area contributed by atoms with Gasteiger partial charge in [-0.15, -0.1) is 0 Å². The van der Waals surface area contributed by atoms with E-state index in [2.05, 4.69) is 15.3 Å². The number of aromatic nitrogens is 2. The lowest BCUT2D eigenvalue weighted by Gasteiger charge is -2.32. The Hall–Kier alpha value is -2.96. The van der Waals surface area contributed by atoms with Gasteiger partial charge in [-0.25, -0.2) is 14.8 Å². The molecule has 134 valence electrons. The smallest absolute Gasteiger partial charge is 0.413 e. The molecule has 2 N–H and O–H groups in total. The van der Waals surface area contributed by atoms with Gasteiger partial charge < -0.3 is 10.4 Å². The number of carboxylic acid groups (broad SMARTS) is 1. The normalized spacial score (nSPS) is 20.7. The fourth-order valence-corrected chi connectivity index (χ4v) is 3.99. The zero-order valence-electron chi connectivity index (χ0n) is 14.9. The Morgan fingerprint density at radius 1 is 1.27 bits per heavy atom. The summed E-state index contributed by atoms with van der Waals surface area (Å²) in [6.07, 6.45) is 3.37. The molecule has 0 saturated carbocycles. The minimum Gasteiger partial charge on any atom is -0.465 e. The molecule has 0 bridgehead atoms. The van der Waals surface area contributed by atoms with E-state index in [-0.39, 0.29) is 5.91 Å². The summed E-state index contributed by atoms with van der Waals surface area (Å²) in [5.41, 5.74) is 1.53. The highest BCUT2D eigenvalue weighted by atomic mass is 16.4. The first-order valence-electron chi connectivity index (χ1n) is 8.50. The molecular weight excluding hydrogens is 332 g/mol. The molecule has 0 fully saturated rings. The van der Waals surface area contributed by atoms with Gasteiger partial charge in [-0.2, -0.15) is 0 Å². The van der Waals surface area contributed by atoms with Gasteiger partial charge in [0, 0.05) is 23.5 Å². The molecule has 1 aliphatic heterocycles. The number of nitrogens with one attached hydrogen (secondary N) is 1. The van der Waals surface area contributed by atoms with Crippen molar-refractivity contribution in [2.24, 2.45) is 0 Å². The van der Waals surface area contributed by atoms with Crippen molar-refractivity contribution in [2.45, 2.75) is 44.6 Å². The van der Waals surface area contributed by atoms with Crippen LogP contribution in [-0.4, -0.2) is 32.6 Å². The van der Waals surface area contributed by atoms with E-state index in [1.54, 1.807) is 18.5 Å². The molecule has 7 heteroatoms. The van der Waals surface area contributed by atoms with Crippen LogP contribution in [0.1, 0.15) is 37.5 Å². The molecular formula is C19H20N4O3. The molecule has 0 radical (unpaired) electrons. The van der Waals surface area contributed by atoms with Crippen molar-refractivity contribution in [3.05, 3.63) is 47.3 Å². The van der Waals surface area contributed by atoms with E-state index in [4.69, 9.17) is 0 Å². The Balaban J connectivity index is 1.76. The lowest BCUT2D eigenvalue weighted by atomic mass is 9.79. The SMILES string of the molecule is CC(C)(C)N(C(=O)O)c1cc2c(cn1)CC1(C2)C(=O)Nc2ncccc21. The second kappa shape index (κ2) is 5.27. The maximum Gasteiger partial charge on any atom is 0.413 e. The minimum atomic E-state index is -1.05. The second-order valence-electron chi connectivity index (χ2n) is 7.89. The Morgan fingerprint density at radius 2 is 2.00 bits per heavy atom. The van der Waals surface area contributed by atoms with E-state index in [0.29, 0.717) is 24.5 Å². The van der Waals surface area contributed by atoms with Crippen molar-refractivity contribution in [2.75, 3.05) is 10.2 Å². The van der Waals surface area contributed by atoms with Crippen molar-refractivity contribution >= 4 is 23.6 Å². The molecule has 0 aromatic carbocycles. The van der Waals surface area contributed by atoms with E-state index < -0.39 is 17.0 Å². The van der Waals surface area contributed by atoms with Crippen LogP contribution in [0.15, 0.2) is 30.6 Å². The van der Waals surface area contributed by atoms with Gasteiger partial charge in [-0.1, -0.05) is 6.07 Å². The number of carbonyl (C=O) groups excluding carboxylic acids is 1. The number of carbonyl (C=O) groups is 2. The van der Waals surface area contributed by atoms with Gasteiger partial charge in [0.05, 0.1) is 5.41 Å². The van der Waals surface area contributed by atoms with E-state index in [1.807, 2.05) is 32.9 Å². The van der Waals surface area contributed by atoms with Crippen LogP contribution in [0.25, 0.3) is 0 Å². The van der Waals surface area contributed by atoms with Crippen molar-refractivity contribution in [1.82, 2.24) is 9.97 Å². The van der Waals surface area contributed by atoms with Crippen molar-refractivity contribution in [3.63, 3.8) is 0 Å². The summed E-state index contributed by atoms with van der Waals surface area (Å²) >= 11 is 0. The van der Waals surface area contributed by atoms with Crippen LogP contribution in [-0.2, 0) is 23.1 Å². The molecule has 3 heterocycles. The van der Waals surface area contributed by atoms with Crippen LogP contribution in [0.2, 0.25) is 0 Å². The van der Waals surface area contributed by atoms with Crippen molar-refractivity contribution in [3.8, 4) is 0 Å². The minimum absolute atomic E-state index is 0.0603. The standard InChI is InChI=1S/C19H20N4O3/c1-18(2,3)23(17(25)26)14-7-11-8-19(9-12(11)10-21-14)13-5-4-6-20-15(13)22-16(19)24/h4-7,10H,8-9H2,1-3H3,(H,25,26)(H,20,22,24). The van der Waals surface area contributed by atoms with E-state index >= 15 is 0 Å². The highest BCUT2D eigenvalue weighted by Crippen LogP contribution is 2.46. The molecule has 0 saturated heterocycles. The van der Waals surface area contributed by atoms with Gasteiger partial charge in [0.15, 0.2) is 0 Å². The first-order chi connectivity index (χ1) is 12.2. The molecule has 7 nitrogen and oxygen atoms in total. The zero-order valence-corrected chi connectivity index (χ0v) is 14.9. The Labute approximate surface area is 151 Å². The van der Waals surface area contributed by atoms with Crippen LogP contribution in [0.4, 0.5) is 16.4 Å². The van der Waals surface area contributed by atoms with Gasteiger partial charge in [0.2, 0.25) is 5.91 Å². The molecule has 4 rings (SSSR count). The monoisotopic (exact) mass is 352 g/mol. The van der Waals surface area contributed by atoms with Crippen molar-refractivity contribution < 1.29 is 14.7 Å². The van der Waals surface area contributed by atoms with Gasteiger partial charge in [-0.3, -0.25) is 9.69 Å². The molecule has 2 aliphatic rings. The fraction of sp³-hybridized carbons (Fsp3) is 0.368. The second-order valence-corrected chi connectivity index (χ2v) is 7.89. The number of nitrogens with zero attached hydrogens (tertiary/aromatic N) is 3. The summed E-state index contributed by atoms with van der Waals surface area (Å²) in [7, 11) is 0. The first kappa shape index (κ1) is 16.5. The summed E-state index contributed by atoms with van der Waals surface area (Å²) in [4.78, 5) is 34.3. The van der Waals surface area contributed by atoms with Crippen LogP contribution in [0.5, 0.6) is 0 Å². The predicted molar refractivity (Wildman–Crippen MR) is 96.4 cm³/mol. The van der Waals surface area contributed by atoms with Gasteiger partial charge in [-0.05, 0) is 56.9 Å². The Morgan fingerprint density at radius 3 is 2.69 bits per heavy atom. The fourth-order valence-electron chi connectivity index (χ4n) is 3.99. The van der Waals surface area contributed by atoms with E-state index in [9.17, 15) is 14.7 Å². The zero-order chi connectivity index (χ0) is 18.7. The summed E-state index contributed by atoms with van der Waals surface area (Å²) in [6.45, 7) is 5.47. The predicted octanol–water partition coefficient (Wildman–Crippen LogP) is 2.75. The number of rotatable bonds is 1. The third kappa shape index (κ3) is 2.27. The quantitative estimate of drug-likeness (QED) is 0.823. The topological polar surface area (TPSA) is 95.4 Å². The molecule has 2 aromatic heterocycles. The van der Waals surface area contributed by atoms with Gasteiger partial charge >= 0.3 is 6.09 Å². The van der Waals surface area contributed by atoms with Crippen LogP contribution < -0.4 is 10.2 Å². The van der Waals surface area contributed by atoms with Gasteiger partial charge in [0.25, 0.3) is 0 Å². The summed E-state index contributed by atoms with van der Waals surface area (Å²) < 4.78 is 0. The number of pyridine rings is 2. The third-order valence-corrected chi connectivity index (χ3v) is 5.13. The molecule has 1 unspecified atom stereocenters. The lowest BCUT2D eigenvalue weighted by molar-refractivity contribution is -0.120. The van der Waals surface area contributed by atoms with Gasteiger partial charge in [0.1, 0.15) is 11.6 Å².